The Bertz CT molecular complexity index is 162. The molecule has 1 aliphatic rings. The second kappa shape index (κ2) is 5.85. The first-order valence-corrected chi connectivity index (χ1v) is 5.47. The van der Waals surface area contributed by atoms with Crippen molar-refractivity contribution in [3.63, 3.8) is 0 Å². The predicted octanol–water partition coefficient (Wildman–Crippen LogP) is 3.34. The molecule has 1 unspecified atom stereocenters. The topological polar surface area (TPSA) is 3.24 Å². The van der Waals surface area contributed by atoms with Crippen LogP contribution in [-0.4, -0.2) is 17.5 Å². The quantitative estimate of drug-likeness (QED) is 0.598. The van der Waals surface area contributed by atoms with E-state index in [0.29, 0.717) is 6.04 Å². The van der Waals surface area contributed by atoms with E-state index in [0.717, 1.165) is 12.8 Å². The van der Waals surface area contributed by atoms with E-state index in [9.17, 15) is 0 Å². The molecule has 1 saturated heterocycles. The van der Waals surface area contributed by atoms with Crippen LogP contribution in [0.5, 0.6) is 0 Å². The van der Waals surface area contributed by atoms with Crippen molar-refractivity contribution >= 4 is 0 Å². The lowest BCUT2D eigenvalue weighted by Crippen LogP contribution is -2.21. The van der Waals surface area contributed by atoms with Gasteiger partial charge in [0, 0.05) is 12.6 Å². The molecule has 0 aromatic carbocycles. The maximum atomic E-state index is 2.45. The van der Waals surface area contributed by atoms with E-state index in [1.54, 1.807) is 0 Å². The highest BCUT2D eigenvalue weighted by atomic mass is 15.2. The first kappa shape index (κ1) is 10.4. The molecule has 0 aromatic heterocycles. The number of rotatable bonds is 4. The first-order chi connectivity index (χ1) is 6.38. The molecule has 0 spiro atoms. The molecule has 1 fully saturated rings. The fraction of sp³-hybridized carbons (Fsp3) is 0.667. The zero-order valence-corrected chi connectivity index (χ0v) is 8.87. The maximum absolute atomic E-state index is 2.45. The molecule has 0 radical (unpaired) electrons. The average Bonchev–Trinajstić information content (AvgIpc) is 2.59. The SMILES string of the molecule is CCC=CC1CCCN1C=CCC. The number of likely N-dealkylation sites (tertiary alicyclic amines) is 1. The van der Waals surface area contributed by atoms with Crippen molar-refractivity contribution in [3.8, 4) is 0 Å². The highest BCUT2D eigenvalue weighted by Crippen LogP contribution is 2.18. The molecule has 0 aromatic rings. The van der Waals surface area contributed by atoms with E-state index >= 15 is 0 Å². The highest BCUT2D eigenvalue weighted by Gasteiger charge is 2.17. The smallest absolute Gasteiger partial charge is 0.0468 e. The second-order valence-electron chi connectivity index (χ2n) is 3.58. The summed E-state index contributed by atoms with van der Waals surface area (Å²) in [6.45, 7) is 5.61. The van der Waals surface area contributed by atoms with Crippen molar-refractivity contribution in [3.05, 3.63) is 24.4 Å². The highest BCUT2D eigenvalue weighted by molar-refractivity contribution is 5.01. The lowest BCUT2D eigenvalue weighted by molar-refractivity contribution is 0.400. The first-order valence-electron chi connectivity index (χ1n) is 5.47. The summed E-state index contributed by atoms with van der Waals surface area (Å²) in [4.78, 5) is 2.45. The molecule has 1 atom stereocenters. The molecule has 0 saturated carbocycles. The van der Waals surface area contributed by atoms with E-state index in [1.165, 1.54) is 19.4 Å². The summed E-state index contributed by atoms with van der Waals surface area (Å²) in [5, 5.41) is 0. The van der Waals surface area contributed by atoms with E-state index in [-0.39, 0.29) is 0 Å². The Labute approximate surface area is 82.1 Å². The predicted molar refractivity (Wildman–Crippen MR) is 58.6 cm³/mol. The van der Waals surface area contributed by atoms with Crippen LogP contribution in [0.4, 0.5) is 0 Å². The fourth-order valence-corrected chi connectivity index (χ4v) is 1.74. The number of hydrogen-bond acceptors (Lipinski definition) is 1. The normalized spacial score (nSPS) is 23.8. The standard InChI is InChI=1S/C12H21N/c1-3-5-8-12-9-7-11-13(12)10-6-4-2/h5-6,8,10,12H,3-4,7,9,11H2,1-2H3. The minimum absolute atomic E-state index is 0.669. The third kappa shape index (κ3) is 3.25. The van der Waals surface area contributed by atoms with E-state index in [1.807, 2.05) is 0 Å². The Balaban J connectivity index is 2.43. The van der Waals surface area contributed by atoms with E-state index in [2.05, 4.69) is 43.2 Å². The minimum Gasteiger partial charge on any atom is -0.371 e. The molecule has 0 N–H and O–H groups in total. The summed E-state index contributed by atoms with van der Waals surface area (Å²) in [7, 11) is 0. The summed E-state index contributed by atoms with van der Waals surface area (Å²) < 4.78 is 0. The van der Waals surface area contributed by atoms with Crippen molar-refractivity contribution in [2.45, 2.75) is 45.6 Å². The molecule has 13 heavy (non-hydrogen) atoms. The maximum Gasteiger partial charge on any atom is 0.0468 e. The monoisotopic (exact) mass is 179 g/mol. The van der Waals surface area contributed by atoms with Gasteiger partial charge >= 0.3 is 0 Å². The van der Waals surface area contributed by atoms with Gasteiger partial charge in [0.25, 0.3) is 0 Å². The van der Waals surface area contributed by atoms with Gasteiger partial charge in [-0.2, -0.15) is 0 Å². The molecule has 1 rings (SSSR count). The number of allylic oxidation sites excluding steroid dienone is 2. The Kier molecular flexibility index (Phi) is 4.66. The van der Waals surface area contributed by atoms with Crippen molar-refractivity contribution in [2.75, 3.05) is 6.54 Å². The van der Waals surface area contributed by atoms with Crippen LogP contribution in [0.2, 0.25) is 0 Å². The van der Waals surface area contributed by atoms with Crippen LogP contribution in [0.3, 0.4) is 0 Å². The third-order valence-corrected chi connectivity index (χ3v) is 2.47. The van der Waals surface area contributed by atoms with Crippen LogP contribution in [0, 0.1) is 0 Å². The largest absolute Gasteiger partial charge is 0.371 e. The summed E-state index contributed by atoms with van der Waals surface area (Å²) in [6, 6.07) is 0.669. The zero-order valence-electron chi connectivity index (χ0n) is 8.87. The minimum atomic E-state index is 0.669. The third-order valence-electron chi connectivity index (χ3n) is 2.47. The summed E-state index contributed by atoms with van der Waals surface area (Å²) in [5.74, 6) is 0. The van der Waals surface area contributed by atoms with Crippen molar-refractivity contribution in [1.29, 1.82) is 0 Å². The van der Waals surface area contributed by atoms with Gasteiger partial charge in [-0.3, -0.25) is 0 Å². The van der Waals surface area contributed by atoms with Crippen molar-refractivity contribution < 1.29 is 0 Å². The summed E-state index contributed by atoms with van der Waals surface area (Å²) in [6.07, 6.45) is 14.1. The average molecular weight is 179 g/mol. The fourth-order valence-electron chi connectivity index (χ4n) is 1.74. The number of nitrogens with zero attached hydrogens (tertiary/aromatic N) is 1. The summed E-state index contributed by atoms with van der Waals surface area (Å²) >= 11 is 0. The molecule has 0 bridgehead atoms. The lowest BCUT2D eigenvalue weighted by Gasteiger charge is -2.19. The van der Waals surface area contributed by atoms with Gasteiger partial charge in [0.05, 0.1) is 0 Å². The van der Waals surface area contributed by atoms with Crippen LogP contribution >= 0.6 is 0 Å². The Morgan fingerprint density at radius 2 is 2.00 bits per heavy atom. The van der Waals surface area contributed by atoms with Gasteiger partial charge in [-0.05, 0) is 31.9 Å². The molecule has 74 valence electrons. The van der Waals surface area contributed by atoms with Gasteiger partial charge < -0.3 is 4.90 Å². The molecule has 1 heteroatoms. The van der Waals surface area contributed by atoms with Crippen LogP contribution < -0.4 is 0 Å². The Hall–Kier alpha value is -0.720. The molecule has 1 nitrogen and oxygen atoms in total. The van der Waals surface area contributed by atoms with Crippen LogP contribution in [0.25, 0.3) is 0 Å². The van der Waals surface area contributed by atoms with Crippen LogP contribution in [0.1, 0.15) is 39.5 Å². The second-order valence-corrected chi connectivity index (χ2v) is 3.58. The van der Waals surface area contributed by atoms with Gasteiger partial charge in [0.1, 0.15) is 0 Å². The Morgan fingerprint density at radius 3 is 2.69 bits per heavy atom. The Morgan fingerprint density at radius 1 is 1.23 bits per heavy atom. The number of hydrogen-bond donors (Lipinski definition) is 0. The molecule has 0 aliphatic carbocycles. The molecule has 1 aliphatic heterocycles. The van der Waals surface area contributed by atoms with E-state index < -0.39 is 0 Å². The van der Waals surface area contributed by atoms with Crippen LogP contribution in [-0.2, 0) is 0 Å². The van der Waals surface area contributed by atoms with Gasteiger partial charge in [-0.15, -0.1) is 0 Å². The summed E-state index contributed by atoms with van der Waals surface area (Å²) in [5.41, 5.74) is 0. The van der Waals surface area contributed by atoms with Crippen LogP contribution in [0.15, 0.2) is 24.4 Å². The zero-order chi connectivity index (χ0) is 9.52. The van der Waals surface area contributed by atoms with Gasteiger partial charge in [-0.1, -0.05) is 32.1 Å². The van der Waals surface area contributed by atoms with Crippen molar-refractivity contribution in [2.24, 2.45) is 0 Å². The van der Waals surface area contributed by atoms with Gasteiger partial charge in [0.15, 0.2) is 0 Å². The molecular weight excluding hydrogens is 158 g/mol. The molecule has 1 heterocycles. The van der Waals surface area contributed by atoms with E-state index in [4.69, 9.17) is 0 Å². The van der Waals surface area contributed by atoms with Crippen molar-refractivity contribution in [1.82, 2.24) is 4.90 Å². The van der Waals surface area contributed by atoms with Gasteiger partial charge in [0.2, 0.25) is 0 Å². The molecular formula is C12H21N. The van der Waals surface area contributed by atoms with Gasteiger partial charge in [-0.25, -0.2) is 0 Å². The molecule has 0 amide bonds. The lowest BCUT2D eigenvalue weighted by atomic mass is 10.2.